The number of alkyl halides is 2. The van der Waals surface area contributed by atoms with Crippen LogP contribution in [0.2, 0.25) is 0 Å². The van der Waals surface area contributed by atoms with Crippen LogP contribution in [0.1, 0.15) is 50.2 Å². The van der Waals surface area contributed by atoms with E-state index >= 15 is 0 Å². The smallest absolute Gasteiger partial charge is 0.315 e. The lowest BCUT2D eigenvalue weighted by Crippen LogP contribution is -2.38. The van der Waals surface area contributed by atoms with Crippen molar-refractivity contribution in [2.45, 2.75) is 56.4 Å². The monoisotopic (exact) mass is 312 g/mol. The highest BCUT2D eigenvalue weighted by molar-refractivity contribution is 5.74. The van der Waals surface area contributed by atoms with E-state index in [9.17, 15) is 13.6 Å². The van der Waals surface area contributed by atoms with Crippen molar-refractivity contribution >= 4 is 6.03 Å². The Balaban J connectivity index is 1.29. The minimum atomic E-state index is -2.48. The number of halogens is 2. The fourth-order valence-electron chi connectivity index (χ4n) is 3.17. The summed E-state index contributed by atoms with van der Waals surface area (Å²) in [6.07, 6.45) is 4.39. The second-order valence-electron chi connectivity index (χ2n) is 6.45. The van der Waals surface area contributed by atoms with Crippen molar-refractivity contribution in [1.29, 1.82) is 0 Å². The Hall–Kier alpha value is -1.59. The van der Waals surface area contributed by atoms with Crippen molar-refractivity contribution in [3.8, 4) is 0 Å². The van der Waals surface area contributed by atoms with Gasteiger partial charge in [-0.05, 0) is 43.7 Å². The Bertz CT molecular complexity index is 494. The van der Waals surface area contributed by atoms with Crippen molar-refractivity contribution in [3.63, 3.8) is 0 Å². The molecule has 3 rings (SSSR count). The molecule has 2 aliphatic rings. The van der Waals surface area contributed by atoms with Crippen LogP contribution in [-0.2, 0) is 0 Å². The van der Waals surface area contributed by atoms with E-state index in [0.29, 0.717) is 25.3 Å². The summed E-state index contributed by atoms with van der Waals surface area (Å²) in [7, 11) is 0. The predicted octanol–water partition coefficient (Wildman–Crippen LogP) is 3.65. The highest BCUT2D eigenvalue weighted by Crippen LogP contribution is 2.41. The molecule has 2 amide bonds. The minimum Gasteiger partial charge on any atom is -0.469 e. The van der Waals surface area contributed by atoms with Gasteiger partial charge in [0.1, 0.15) is 5.76 Å². The molecule has 2 N–H and O–H groups in total. The van der Waals surface area contributed by atoms with Crippen LogP contribution in [0.25, 0.3) is 0 Å². The van der Waals surface area contributed by atoms with Crippen LogP contribution >= 0.6 is 0 Å². The van der Waals surface area contributed by atoms with Gasteiger partial charge in [-0.25, -0.2) is 13.6 Å². The first-order valence-electron chi connectivity index (χ1n) is 7.99. The topological polar surface area (TPSA) is 54.3 Å². The Morgan fingerprint density at radius 2 is 2.14 bits per heavy atom. The van der Waals surface area contributed by atoms with Crippen LogP contribution in [0.3, 0.4) is 0 Å². The molecule has 6 heteroatoms. The zero-order chi connectivity index (χ0) is 15.6. The summed E-state index contributed by atoms with van der Waals surface area (Å²) >= 11 is 0. The van der Waals surface area contributed by atoms with Gasteiger partial charge in [0.05, 0.1) is 6.26 Å². The van der Waals surface area contributed by atoms with Crippen molar-refractivity contribution in [1.82, 2.24) is 10.6 Å². The summed E-state index contributed by atoms with van der Waals surface area (Å²) in [4.78, 5) is 11.8. The van der Waals surface area contributed by atoms with Crippen LogP contribution in [0.5, 0.6) is 0 Å². The van der Waals surface area contributed by atoms with Gasteiger partial charge in [-0.15, -0.1) is 0 Å². The van der Waals surface area contributed by atoms with Gasteiger partial charge in [0, 0.05) is 31.3 Å². The summed E-state index contributed by atoms with van der Waals surface area (Å²) in [6.45, 7) is 0.542. The fraction of sp³-hybridized carbons (Fsp3) is 0.688. The van der Waals surface area contributed by atoms with Crippen LogP contribution in [0.15, 0.2) is 22.8 Å². The largest absolute Gasteiger partial charge is 0.469 e. The molecule has 122 valence electrons. The van der Waals surface area contributed by atoms with E-state index in [1.54, 1.807) is 6.26 Å². The molecule has 4 nitrogen and oxygen atoms in total. The summed E-state index contributed by atoms with van der Waals surface area (Å²) in [5.41, 5.74) is 0. The first-order chi connectivity index (χ1) is 10.5. The third-order valence-corrected chi connectivity index (χ3v) is 4.69. The number of amides is 2. The van der Waals surface area contributed by atoms with Gasteiger partial charge >= 0.3 is 6.03 Å². The highest BCUT2D eigenvalue weighted by atomic mass is 19.3. The van der Waals surface area contributed by atoms with Crippen molar-refractivity contribution in [2.24, 2.45) is 5.92 Å². The van der Waals surface area contributed by atoms with Crippen LogP contribution in [0.4, 0.5) is 13.6 Å². The Morgan fingerprint density at radius 3 is 2.82 bits per heavy atom. The Kier molecular flexibility index (Phi) is 4.36. The number of hydrogen-bond donors (Lipinski definition) is 2. The predicted molar refractivity (Wildman–Crippen MR) is 77.9 cm³/mol. The quantitative estimate of drug-likeness (QED) is 0.872. The second kappa shape index (κ2) is 6.26. The maximum Gasteiger partial charge on any atom is 0.315 e. The summed E-state index contributed by atoms with van der Waals surface area (Å²) in [5, 5.41) is 5.73. The van der Waals surface area contributed by atoms with E-state index in [1.165, 1.54) is 0 Å². The van der Waals surface area contributed by atoms with Gasteiger partial charge in [-0.3, -0.25) is 0 Å². The maximum atomic E-state index is 13.0. The molecule has 0 saturated heterocycles. The second-order valence-corrected chi connectivity index (χ2v) is 6.45. The number of hydrogen-bond acceptors (Lipinski definition) is 2. The number of urea groups is 1. The number of rotatable bonds is 5. The van der Waals surface area contributed by atoms with Crippen molar-refractivity contribution in [2.75, 3.05) is 6.54 Å². The van der Waals surface area contributed by atoms with Crippen molar-refractivity contribution < 1.29 is 18.0 Å². The summed E-state index contributed by atoms with van der Waals surface area (Å²) in [6, 6.07) is 3.72. The lowest BCUT2D eigenvalue weighted by molar-refractivity contribution is -0.0463. The van der Waals surface area contributed by atoms with Gasteiger partial charge in [0.2, 0.25) is 5.92 Å². The molecule has 2 fully saturated rings. The molecule has 0 aromatic carbocycles. The normalized spacial score (nSPS) is 27.4. The molecule has 2 saturated carbocycles. The lowest BCUT2D eigenvalue weighted by atomic mass is 9.85. The van der Waals surface area contributed by atoms with Gasteiger partial charge < -0.3 is 15.1 Å². The summed E-state index contributed by atoms with van der Waals surface area (Å²) < 4.78 is 31.4. The first kappa shape index (κ1) is 15.3. The zero-order valence-electron chi connectivity index (χ0n) is 12.5. The fourth-order valence-corrected chi connectivity index (χ4v) is 3.17. The summed E-state index contributed by atoms with van der Waals surface area (Å²) in [5.74, 6) is -0.986. The molecular formula is C16H22F2N2O2. The number of carbonyl (C=O) groups is 1. The van der Waals surface area contributed by atoms with Gasteiger partial charge in [0.25, 0.3) is 0 Å². The molecule has 0 spiro atoms. The lowest BCUT2D eigenvalue weighted by Gasteiger charge is -2.28. The molecule has 0 aliphatic heterocycles. The minimum absolute atomic E-state index is 0.0171. The van der Waals surface area contributed by atoms with Crippen LogP contribution in [-0.4, -0.2) is 24.5 Å². The number of carbonyl (C=O) groups excluding carboxylic acids is 1. The molecule has 22 heavy (non-hydrogen) atoms. The molecule has 1 aromatic heterocycles. The standard InChI is InChI=1S/C16H22F2N2O2/c17-16(18)6-3-11(4-7-16)5-8-19-15(21)20-13-10-12(13)14-2-1-9-22-14/h1-2,9,11-13H,3-8,10H2,(H2,19,20,21)/t12-,13-/m1/s1. The van der Waals surface area contributed by atoms with E-state index < -0.39 is 5.92 Å². The van der Waals surface area contributed by atoms with E-state index in [0.717, 1.165) is 18.6 Å². The average Bonchev–Trinajstić information content (AvgIpc) is 3.01. The van der Waals surface area contributed by atoms with E-state index in [-0.39, 0.29) is 30.8 Å². The maximum absolute atomic E-state index is 13.0. The third-order valence-electron chi connectivity index (χ3n) is 4.69. The highest BCUT2D eigenvalue weighted by Gasteiger charge is 2.41. The van der Waals surface area contributed by atoms with Crippen molar-refractivity contribution in [3.05, 3.63) is 24.2 Å². The number of nitrogens with one attached hydrogen (secondary N) is 2. The molecular weight excluding hydrogens is 290 g/mol. The molecule has 1 aromatic rings. The molecule has 0 unspecified atom stereocenters. The van der Waals surface area contributed by atoms with Gasteiger partial charge in [-0.1, -0.05) is 0 Å². The Morgan fingerprint density at radius 1 is 1.36 bits per heavy atom. The molecule has 0 radical (unpaired) electrons. The molecule has 1 heterocycles. The zero-order valence-corrected chi connectivity index (χ0v) is 12.5. The van der Waals surface area contributed by atoms with Crippen LogP contribution < -0.4 is 10.6 Å². The SMILES string of the molecule is O=C(NCCC1CCC(F)(F)CC1)N[C@@H]1C[C@H]1c1ccco1. The third kappa shape index (κ3) is 3.99. The van der Waals surface area contributed by atoms with E-state index in [1.807, 2.05) is 12.1 Å². The van der Waals surface area contributed by atoms with Gasteiger partial charge in [-0.2, -0.15) is 0 Å². The Labute approximate surface area is 128 Å². The molecule has 2 aliphatic carbocycles. The molecule has 0 bridgehead atoms. The van der Waals surface area contributed by atoms with E-state index in [2.05, 4.69) is 10.6 Å². The average molecular weight is 312 g/mol. The van der Waals surface area contributed by atoms with Gasteiger partial charge in [0.15, 0.2) is 0 Å². The number of furan rings is 1. The molecule has 2 atom stereocenters. The van der Waals surface area contributed by atoms with Crippen LogP contribution in [0, 0.1) is 5.92 Å². The van der Waals surface area contributed by atoms with E-state index in [4.69, 9.17) is 4.42 Å². The first-order valence-corrected chi connectivity index (χ1v) is 7.99.